The van der Waals surface area contributed by atoms with Gasteiger partial charge in [0, 0.05) is 44.6 Å². The summed E-state index contributed by atoms with van der Waals surface area (Å²) in [7, 11) is 4.02. The molecule has 1 atom stereocenters. The third kappa shape index (κ3) is 3.40. The fraction of sp³-hybridized carbons (Fsp3) is 0.579. The number of likely N-dealkylation sites (tertiary alicyclic amines) is 1. The third-order valence-corrected chi connectivity index (χ3v) is 5.34. The van der Waals surface area contributed by atoms with Crippen LogP contribution < -0.4 is 0 Å². The molecule has 1 aliphatic rings. The Labute approximate surface area is 144 Å². The summed E-state index contributed by atoms with van der Waals surface area (Å²) >= 11 is 0. The van der Waals surface area contributed by atoms with E-state index in [0.29, 0.717) is 6.42 Å². The molecule has 2 aromatic rings. The molecule has 0 aromatic carbocycles. The molecule has 0 unspecified atom stereocenters. The van der Waals surface area contributed by atoms with Crippen molar-refractivity contribution in [3.8, 4) is 0 Å². The zero-order chi connectivity index (χ0) is 17.1. The van der Waals surface area contributed by atoms with Crippen molar-refractivity contribution >= 4 is 5.91 Å². The van der Waals surface area contributed by atoms with Crippen molar-refractivity contribution < 1.29 is 4.79 Å². The maximum absolute atomic E-state index is 12.9. The molecule has 1 amide bonds. The number of nitrogens with zero attached hydrogens (tertiary/aromatic N) is 4. The Morgan fingerprint density at radius 2 is 2.12 bits per heavy atom. The van der Waals surface area contributed by atoms with Gasteiger partial charge in [-0.05, 0) is 43.9 Å². The molecule has 1 aliphatic heterocycles. The van der Waals surface area contributed by atoms with Gasteiger partial charge >= 0.3 is 0 Å². The Morgan fingerprint density at radius 3 is 2.79 bits per heavy atom. The van der Waals surface area contributed by atoms with E-state index in [-0.39, 0.29) is 11.9 Å². The van der Waals surface area contributed by atoms with Gasteiger partial charge in [-0.25, -0.2) is 0 Å². The van der Waals surface area contributed by atoms with Crippen molar-refractivity contribution in [1.29, 1.82) is 0 Å². The van der Waals surface area contributed by atoms with Crippen LogP contribution in [-0.4, -0.2) is 31.7 Å². The molecular weight excluding hydrogens is 300 g/mol. The Kier molecular flexibility index (Phi) is 5.07. The highest BCUT2D eigenvalue weighted by molar-refractivity contribution is 5.77. The van der Waals surface area contributed by atoms with E-state index in [9.17, 15) is 4.79 Å². The van der Waals surface area contributed by atoms with E-state index in [1.807, 2.05) is 17.9 Å². The lowest BCUT2D eigenvalue weighted by atomic mass is 10.1. The van der Waals surface area contributed by atoms with Gasteiger partial charge in [0.05, 0.1) is 12.2 Å². The lowest BCUT2D eigenvalue weighted by molar-refractivity contribution is -0.133. The highest BCUT2D eigenvalue weighted by atomic mass is 16.2. The first-order chi connectivity index (χ1) is 11.6. The molecule has 1 fully saturated rings. The minimum Gasteiger partial charge on any atom is -0.353 e. The SMILES string of the molecule is Cc1c(CCC(=O)N2CCCCC[C@H]2c2cccn2C)cnn1C. The molecule has 24 heavy (non-hydrogen) atoms. The molecule has 3 rings (SSSR count). The number of carbonyl (C=O) groups excluding carboxylic acids is 1. The molecule has 0 saturated carbocycles. The second-order valence-electron chi connectivity index (χ2n) is 6.88. The van der Waals surface area contributed by atoms with Gasteiger partial charge in [-0.15, -0.1) is 0 Å². The Balaban J connectivity index is 1.72. The molecule has 5 heteroatoms. The van der Waals surface area contributed by atoms with Crippen LogP contribution in [0.4, 0.5) is 0 Å². The van der Waals surface area contributed by atoms with Gasteiger partial charge in [0.1, 0.15) is 0 Å². The van der Waals surface area contributed by atoms with Crippen LogP contribution >= 0.6 is 0 Å². The molecule has 5 nitrogen and oxygen atoms in total. The Morgan fingerprint density at radius 1 is 1.29 bits per heavy atom. The van der Waals surface area contributed by atoms with Crippen LogP contribution in [0.25, 0.3) is 0 Å². The smallest absolute Gasteiger partial charge is 0.223 e. The zero-order valence-electron chi connectivity index (χ0n) is 15.0. The number of hydrogen-bond acceptors (Lipinski definition) is 2. The minimum atomic E-state index is 0.218. The topological polar surface area (TPSA) is 43.1 Å². The third-order valence-electron chi connectivity index (χ3n) is 5.34. The first-order valence-corrected chi connectivity index (χ1v) is 8.96. The molecule has 0 N–H and O–H groups in total. The van der Waals surface area contributed by atoms with Crippen LogP contribution in [0.3, 0.4) is 0 Å². The Bertz CT molecular complexity index is 700. The fourth-order valence-electron chi connectivity index (χ4n) is 3.71. The van der Waals surface area contributed by atoms with Gasteiger partial charge in [-0.3, -0.25) is 9.48 Å². The molecule has 2 aromatic heterocycles. The number of aromatic nitrogens is 3. The second kappa shape index (κ2) is 7.24. The van der Waals surface area contributed by atoms with Crippen LogP contribution in [0.5, 0.6) is 0 Å². The van der Waals surface area contributed by atoms with E-state index in [0.717, 1.165) is 31.5 Å². The van der Waals surface area contributed by atoms with Crippen molar-refractivity contribution in [2.45, 2.75) is 51.5 Å². The number of carbonyl (C=O) groups is 1. The van der Waals surface area contributed by atoms with Crippen molar-refractivity contribution in [1.82, 2.24) is 19.2 Å². The highest BCUT2D eigenvalue weighted by Crippen LogP contribution is 2.31. The largest absolute Gasteiger partial charge is 0.353 e. The van der Waals surface area contributed by atoms with E-state index in [1.54, 1.807) is 0 Å². The molecule has 3 heterocycles. The summed E-state index contributed by atoms with van der Waals surface area (Å²) in [5.41, 5.74) is 3.58. The molecule has 1 saturated heterocycles. The fourth-order valence-corrected chi connectivity index (χ4v) is 3.71. The number of rotatable bonds is 4. The second-order valence-corrected chi connectivity index (χ2v) is 6.88. The highest BCUT2D eigenvalue weighted by Gasteiger charge is 2.28. The van der Waals surface area contributed by atoms with E-state index < -0.39 is 0 Å². The van der Waals surface area contributed by atoms with Crippen molar-refractivity contribution in [3.05, 3.63) is 41.5 Å². The van der Waals surface area contributed by atoms with Gasteiger partial charge in [0.2, 0.25) is 5.91 Å². The molecule has 0 bridgehead atoms. The predicted molar refractivity (Wildman–Crippen MR) is 94.6 cm³/mol. The number of hydrogen-bond donors (Lipinski definition) is 0. The normalized spacial score (nSPS) is 18.6. The predicted octanol–water partition coefficient (Wildman–Crippen LogP) is 3.14. The standard InChI is InChI=1S/C19H28N4O/c1-15-16(14-20-22(15)3)10-11-19(24)23-13-6-4-5-8-18(23)17-9-7-12-21(17)2/h7,9,12,14,18H,4-6,8,10-11,13H2,1-3H3/t18-/m0/s1. The first kappa shape index (κ1) is 16.8. The van der Waals surface area contributed by atoms with Crippen molar-refractivity contribution in [2.24, 2.45) is 14.1 Å². The molecular formula is C19H28N4O. The maximum Gasteiger partial charge on any atom is 0.223 e. The molecule has 0 aliphatic carbocycles. The number of aryl methyl sites for hydroxylation is 3. The van der Waals surface area contributed by atoms with Gasteiger partial charge in [-0.2, -0.15) is 5.10 Å². The van der Waals surface area contributed by atoms with E-state index >= 15 is 0 Å². The minimum absolute atomic E-state index is 0.218. The summed E-state index contributed by atoms with van der Waals surface area (Å²) in [6.07, 6.45) is 9.88. The van der Waals surface area contributed by atoms with Gasteiger partial charge in [0.25, 0.3) is 0 Å². The van der Waals surface area contributed by atoms with Gasteiger partial charge < -0.3 is 9.47 Å². The zero-order valence-corrected chi connectivity index (χ0v) is 15.0. The van der Waals surface area contributed by atoms with Crippen LogP contribution in [0, 0.1) is 6.92 Å². The summed E-state index contributed by atoms with van der Waals surface area (Å²) in [5, 5.41) is 4.28. The monoisotopic (exact) mass is 328 g/mol. The van der Waals surface area contributed by atoms with Gasteiger partial charge in [0.15, 0.2) is 0 Å². The number of amides is 1. The van der Waals surface area contributed by atoms with E-state index in [4.69, 9.17) is 0 Å². The maximum atomic E-state index is 12.9. The van der Waals surface area contributed by atoms with Crippen LogP contribution in [0.15, 0.2) is 24.5 Å². The summed E-state index contributed by atoms with van der Waals surface area (Å²) in [4.78, 5) is 15.1. The molecule has 0 radical (unpaired) electrons. The van der Waals surface area contributed by atoms with Crippen LogP contribution in [0.2, 0.25) is 0 Å². The van der Waals surface area contributed by atoms with Crippen molar-refractivity contribution in [3.63, 3.8) is 0 Å². The summed E-state index contributed by atoms with van der Waals surface area (Å²) < 4.78 is 4.03. The average Bonchev–Trinajstić information content (AvgIpc) is 3.03. The van der Waals surface area contributed by atoms with E-state index in [2.05, 4.69) is 46.9 Å². The molecule has 0 spiro atoms. The van der Waals surface area contributed by atoms with Crippen LogP contribution in [0.1, 0.15) is 55.1 Å². The Hall–Kier alpha value is -2.04. The van der Waals surface area contributed by atoms with Crippen molar-refractivity contribution in [2.75, 3.05) is 6.54 Å². The summed E-state index contributed by atoms with van der Waals surface area (Å²) in [5.74, 6) is 0.270. The van der Waals surface area contributed by atoms with Gasteiger partial charge in [-0.1, -0.05) is 12.8 Å². The van der Waals surface area contributed by atoms with Crippen LogP contribution in [-0.2, 0) is 25.3 Å². The first-order valence-electron chi connectivity index (χ1n) is 8.96. The average molecular weight is 328 g/mol. The molecule has 130 valence electrons. The van der Waals surface area contributed by atoms with E-state index in [1.165, 1.54) is 24.1 Å². The summed E-state index contributed by atoms with van der Waals surface area (Å²) in [6.45, 7) is 2.94. The summed E-state index contributed by atoms with van der Waals surface area (Å²) in [6, 6.07) is 4.44. The lowest BCUT2D eigenvalue weighted by Gasteiger charge is -2.30. The lowest BCUT2D eigenvalue weighted by Crippen LogP contribution is -2.35. The quantitative estimate of drug-likeness (QED) is 0.865.